The Morgan fingerprint density at radius 3 is 3.08 bits per heavy atom. The van der Waals surface area contributed by atoms with E-state index in [1.165, 1.54) is 0 Å². The molecule has 0 atom stereocenters. The van der Waals surface area contributed by atoms with E-state index in [-0.39, 0.29) is 0 Å². The van der Waals surface area contributed by atoms with Crippen molar-refractivity contribution in [3.63, 3.8) is 0 Å². The molecule has 0 unspecified atom stereocenters. The van der Waals surface area contributed by atoms with Crippen LogP contribution < -0.4 is 5.32 Å². The summed E-state index contributed by atoms with van der Waals surface area (Å²) < 4.78 is 0. The molecular weight excluding hydrogens is 156 g/mol. The number of rotatable bonds is 2. The Labute approximate surface area is 70.3 Å². The van der Waals surface area contributed by atoms with Gasteiger partial charge < -0.3 is 10.4 Å². The van der Waals surface area contributed by atoms with Crippen LogP contribution in [0.3, 0.4) is 0 Å². The van der Waals surface area contributed by atoms with Crippen LogP contribution in [0.1, 0.15) is 11.1 Å². The van der Waals surface area contributed by atoms with Gasteiger partial charge in [-0.3, -0.25) is 4.98 Å². The predicted molar refractivity (Wildman–Crippen MR) is 43.8 cm³/mol. The van der Waals surface area contributed by atoms with Crippen LogP contribution in [0.2, 0.25) is 0 Å². The van der Waals surface area contributed by atoms with Crippen molar-refractivity contribution in [1.82, 2.24) is 10.3 Å². The summed E-state index contributed by atoms with van der Waals surface area (Å²) in [7, 11) is 0. The van der Waals surface area contributed by atoms with E-state index in [0.29, 0.717) is 6.54 Å². The van der Waals surface area contributed by atoms with Crippen molar-refractivity contribution in [1.29, 1.82) is 0 Å². The quantitative estimate of drug-likeness (QED) is 0.692. The molecule has 0 saturated heterocycles. The smallest absolute Gasteiger partial charge is 0.404 e. The van der Waals surface area contributed by atoms with Crippen molar-refractivity contribution >= 4 is 6.09 Å². The number of hydrogen-bond donors (Lipinski definition) is 2. The fourth-order valence-electron chi connectivity index (χ4n) is 0.853. The number of amides is 1. The number of nitrogens with one attached hydrogen (secondary N) is 1. The summed E-state index contributed by atoms with van der Waals surface area (Å²) >= 11 is 0. The van der Waals surface area contributed by atoms with Crippen molar-refractivity contribution in [2.45, 2.75) is 13.5 Å². The van der Waals surface area contributed by atoms with E-state index in [4.69, 9.17) is 5.11 Å². The SMILES string of the molecule is Cc1ccncc1CNC(=O)O. The van der Waals surface area contributed by atoms with E-state index in [1.54, 1.807) is 12.4 Å². The van der Waals surface area contributed by atoms with Gasteiger partial charge >= 0.3 is 6.09 Å². The molecular formula is C8H10N2O2. The van der Waals surface area contributed by atoms with E-state index >= 15 is 0 Å². The average Bonchev–Trinajstić information content (AvgIpc) is 2.03. The molecule has 12 heavy (non-hydrogen) atoms. The van der Waals surface area contributed by atoms with Crippen LogP contribution in [0.5, 0.6) is 0 Å². The van der Waals surface area contributed by atoms with E-state index in [1.807, 2.05) is 13.0 Å². The molecule has 0 fully saturated rings. The summed E-state index contributed by atoms with van der Waals surface area (Å²) in [6, 6.07) is 1.85. The second kappa shape index (κ2) is 3.71. The molecule has 0 spiro atoms. The Bertz CT molecular complexity index is 286. The number of nitrogens with zero attached hydrogens (tertiary/aromatic N) is 1. The molecule has 0 saturated carbocycles. The molecule has 0 aliphatic heterocycles. The molecule has 0 radical (unpaired) electrons. The first-order chi connectivity index (χ1) is 5.70. The molecule has 0 aliphatic carbocycles. The van der Waals surface area contributed by atoms with Gasteiger partial charge in [-0.15, -0.1) is 0 Å². The summed E-state index contributed by atoms with van der Waals surface area (Å²) in [5, 5.41) is 10.6. The second-order valence-electron chi connectivity index (χ2n) is 2.46. The highest BCUT2D eigenvalue weighted by Crippen LogP contribution is 2.03. The van der Waals surface area contributed by atoms with Crippen molar-refractivity contribution in [3.8, 4) is 0 Å². The zero-order chi connectivity index (χ0) is 8.97. The molecule has 0 aromatic carbocycles. The largest absolute Gasteiger partial charge is 0.465 e. The molecule has 4 heteroatoms. The monoisotopic (exact) mass is 166 g/mol. The summed E-state index contributed by atoms with van der Waals surface area (Å²) in [6.07, 6.45) is 2.32. The first-order valence-electron chi connectivity index (χ1n) is 3.56. The molecule has 1 amide bonds. The van der Waals surface area contributed by atoms with Gasteiger partial charge in [0.2, 0.25) is 0 Å². The zero-order valence-corrected chi connectivity index (χ0v) is 6.74. The highest BCUT2D eigenvalue weighted by molar-refractivity contribution is 5.64. The molecule has 64 valence electrons. The van der Waals surface area contributed by atoms with E-state index < -0.39 is 6.09 Å². The lowest BCUT2D eigenvalue weighted by Crippen LogP contribution is -2.20. The molecule has 2 N–H and O–H groups in total. The Morgan fingerprint density at radius 2 is 2.50 bits per heavy atom. The maximum Gasteiger partial charge on any atom is 0.404 e. The number of carbonyl (C=O) groups is 1. The number of aromatic nitrogens is 1. The zero-order valence-electron chi connectivity index (χ0n) is 6.74. The molecule has 1 aromatic rings. The van der Waals surface area contributed by atoms with Crippen LogP contribution in [-0.2, 0) is 6.54 Å². The first-order valence-corrected chi connectivity index (χ1v) is 3.56. The fraction of sp³-hybridized carbons (Fsp3) is 0.250. The summed E-state index contributed by atoms with van der Waals surface area (Å²) in [5.41, 5.74) is 1.94. The maximum atomic E-state index is 10.2. The lowest BCUT2D eigenvalue weighted by Gasteiger charge is -2.03. The highest BCUT2D eigenvalue weighted by Gasteiger charge is 1.98. The Hall–Kier alpha value is -1.58. The second-order valence-corrected chi connectivity index (χ2v) is 2.46. The lowest BCUT2D eigenvalue weighted by atomic mass is 10.2. The summed E-state index contributed by atoms with van der Waals surface area (Å²) in [4.78, 5) is 14.0. The minimum Gasteiger partial charge on any atom is -0.465 e. The van der Waals surface area contributed by atoms with Gasteiger partial charge in [-0.25, -0.2) is 4.79 Å². The highest BCUT2D eigenvalue weighted by atomic mass is 16.4. The molecule has 1 heterocycles. The van der Waals surface area contributed by atoms with Crippen LogP contribution in [0, 0.1) is 6.92 Å². The molecule has 1 rings (SSSR count). The normalized spacial score (nSPS) is 9.42. The predicted octanol–water partition coefficient (Wildman–Crippen LogP) is 1.16. The lowest BCUT2D eigenvalue weighted by molar-refractivity contribution is 0.194. The van der Waals surface area contributed by atoms with Gasteiger partial charge in [-0.1, -0.05) is 0 Å². The Balaban J connectivity index is 2.63. The minimum absolute atomic E-state index is 0.314. The van der Waals surface area contributed by atoms with Gasteiger partial charge in [0.25, 0.3) is 0 Å². The van der Waals surface area contributed by atoms with Gasteiger partial charge in [-0.05, 0) is 24.1 Å². The minimum atomic E-state index is -1.02. The van der Waals surface area contributed by atoms with Gasteiger partial charge in [-0.2, -0.15) is 0 Å². The van der Waals surface area contributed by atoms with Gasteiger partial charge in [0.15, 0.2) is 0 Å². The Kier molecular flexibility index (Phi) is 2.63. The van der Waals surface area contributed by atoms with Crippen molar-refractivity contribution < 1.29 is 9.90 Å². The van der Waals surface area contributed by atoms with E-state index in [9.17, 15) is 4.79 Å². The fourth-order valence-corrected chi connectivity index (χ4v) is 0.853. The summed E-state index contributed by atoms with van der Waals surface area (Å²) in [5.74, 6) is 0. The van der Waals surface area contributed by atoms with Crippen molar-refractivity contribution in [2.24, 2.45) is 0 Å². The van der Waals surface area contributed by atoms with Gasteiger partial charge in [0.05, 0.1) is 0 Å². The number of pyridine rings is 1. The number of aryl methyl sites for hydroxylation is 1. The van der Waals surface area contributed by atoms with Crippen molar-refractivity contribution in [3.05, 3.63) is 29.6 Å². The topological polar surface area (TPSA) is 62.2 Å². The maximum absolute atomic E-state index is 10.2. The number of carboxylic acid groups (broad SMARTS) is 1. The molecule has 0 bridgehead atoms. The third-order valence-electron chi connectivity index (χ3n) is 1.58. The van der Waals surface area contributed by atoms with Crippen LogP contribution >= 0.6 is 0 Å². The average molecular weight is 166 g/mol. The molecule has 4 nitrogen and oxygen atoms in total. The van der Waals surface area contributed by atoms with E-state index in [2.05, 4.69) is 10.3 Å². The Morgan fingerprint density at radius 1 is 1.75 bits per heavy atom. The third-order valence-corrected chi connectivity index (χ3v) is 1.58. The molecule has 1 aromatic heterocycles. The summed E-state index contributed by atoms with van der Waals surface area (Å²) in [6.45, 7) is 2.23. The van der Waals surface area contributed by atoms with Crippen molar-refractivity contribution in [2.75, 3.05) is 0 Å². The van der Waals surface area contributed by atoms with Crippen LogP contribution in [0.25, 0.3) is 0 Å². The third kappa shape index (κ3) is 2.23. The van der Waals surface area contributed by atoms with Crippen LogP contribution in [-0.4, -0.2) is 16.2 Å². The first kappa shape index (κ1) is 8.52. The molecule has 0 aliphatic rings. The van der Waals surface area contributed by atoms with E-state index in [0.717, 1.165) is 11.1 Å². The van der Waals surface area contributed by atoms with Crippen LogP contribution in [0.4, 0.5) is 4.79 Å². The number of hydrogen-bond acceptors (Lipinski definition) is 2. The van der Waals surface area contributed by atoms with Crippen LogP contribution in [0.15, 0.2) is 18.5 Å². The standard InChI is InChI=1S/C8H10N2O2/c1-6-2-3-9-4-7(6)5-10-8(11)12/h2-4,10H,5H2,1H3,(H,11,12). The van der Waals surface area contributed by atoms with Gasteiger partial charge in [0, 0.05) is 18.9 Å². The van der Waals surface area contributed by atoms with Gasteiger partial charge in [0.1, 0.15) is 0 Å².